The third-order valence-corrected chi connectivity index (χ3v) is 4.74. The number of rotatable bonds is 5. The highest BCUT2D eigenvalue weighted by Crippen LogP contribution is 2.19. The number of nitrogens with two attached hydrogens (primary N) is 1. The van der Waals surface area contributed by atoms with Crippen LogP contribution in [0.15, 0.2) is 59.5 Å². The van der Waals surface area contributed by atoms with Crippen molar-refractivity contribution in [1.82, 2.24) is 4.72 Å². The first-order chi connectivity index (χ1) is 10.4. The lowest BCUT2D eigenvalue weighted by atomic mass is 10.0. The van der Waals surface area contributed by atoms with E-state index in [2.05, 4.69) is 4.72 Å². The Morgan fingerprint density at radius 3 is 2.23 bits per heavy atom. The third kappa shape index (κ3) is 3.71. The summed E-state index contributed by atoms with van der Waals surface area (Å²) < 4.78 is 27.5. The number of hydrogen-bond acceptors (Lipinski definition) is 4. The molecule has 0 spiro atoms. The lowest BCUT2D eigenvalue weighted by Gasteiger charge is -2.21. The van der Waals surface area contributed by atoms with Crippen LogP contribution in [-0.2, 0) is 10.0 Å². The van der Waals surface area contributed by atoms with Gasteiger partial charge in [0.25, 0.3) is 0 Å². The van der Waals surface area contributed by atoms with Gasteiger partial charge in [0.2, 0.25) is 10.0 Å². The van der Waals surface area contributed by atoms with Crippen molar-refractivity contribution in [3.05, 3.63) is 65.7 Å². The van der Waals surface area contributed by atoms with E-state index in [9.17, 15) is 8.42 Å². The lowest BCUT2D eigenvalue weighted by molar-refractivity contribution is 0.536. The number of aryl methyl sites for hydroxylation is 1. The van der Waals surface area contributed by atoms with Gasteiger partial charge in [-0.25, -0.2) is 13.1 Å². The zero-order valence-electron chi connectivity index (χ0n) is 12.1. The number of nitrogens with zero attached hydrogens (tertiary/aromatic N) is 1. The van der Waals surface area contributed by atoms with Gasteiger partial charge in [-0.3, -0.25) is 0 Å². The molecule has 2 aromatic carbocycles. The highest BCUT2D eigenvalue weighted by Gasteiger charge is 2.26. The standard InChI is InChI=1S/C16H17N3O2S/c1-12-7-9-14(10-8-12)22(20,21)19-16(15(18)11-17)13-5-3-2-4-6-13/h2-10,15-16,19H,18H2,1H3. The minimum absolute atomic E-state index is 0.143. The van der Waals surface area contributed by atoms with Crippen molar-refractivity contribution < 1.29 is 8.42 Å². The number of nitrogens with one attached hydrogen (secondary N) is 1. The largest absolute Gasteiger partial charge is 0.314 e. The van der Waals surface area contributed by atoms with Gasteiger partial charge in [0, 0.05) is 0 Å². The van der Waals surface area contributed by atoms with Gasteiger partial charge in [0.1, 0.15) is 6.04 Å². The van der Waals surface area contributed by atoms with Crippen LogP contribution >= 0.6 is 0 Å². The Balaban J connectivity index is 2.35. The van der Waals surface area contributed by atoms with Crippen LogP contribution in [0.5, 0.6) is 0 Å². The molecule has 22 heavy (non-hydrogen) atoms. The molecule has 0 radical (unpaired) electrons. The normalized spacial score (nSPS) is 14.0. The first kappa shape index (κ1) is 16.2. The summed E-state index contributed by atoms with van der Waals surface area (Å²) in [5, 5.41) is 9.06. The lowest BCUT2D eigenvalue weighted by Crippen LogP contribution is -2.40. The van der Waals surface area contributed by atoms with Gasteiger partial charge in [-0.15, -0.1) is 0 Å². The quantitative estimate of drug-likeness (QED) is 0.880. The summed E-state index contributed by atoms with van der Waals surface area (Å²) in [6.07, 6.45) is 0. The first-order valence-electron chi connectivity index (χ1n) is 6.73. The average Bonchev–Trinajstić information content (AvgIpc) is 2.53. The van der Waals surface area contributed by atoms with Crippen molar-refractivity contribution >= 4 is 10.0 Å². The fourth-order valence-corrected chi connectivity index (χ4v) is 3.28. The van der Waals surface area contributed by atoms with Crippen LogP contribution in [0.25, 0.3) is 0 Å². The third-order valence-electron chi connectivity index (χ3n) is 3.28. The highest BCUT2D eigenvalue weighted by atomic mass is 32.2. The molecule has 0 saturated carbocycles. The smallest absolute Gasteiger partial charge is 0.241 e. The van der Waals surface area contributed by atoms with E-state index in [4.69, 9.17) is 11.0 Å². The Labute approximate surface area is 130 Å². The summed E-state index contributed by atoms with van der Waals surface area (Å²) in [4.78, 5) is 0.143. The van der Waals surface area contributed by atoms with E-state index in [0.717, 1.165) is 5.56 Å². The van der Waals surface area contributed by atoms with E-state index in [-0.39, 0.29) is 4.90 Å². The second kappa shape index (κ2) is 6.71. The molecule has 0 bridgehead atoms. The summed E-state index contributed by atoms with van der Waals surface area (Å²) in [5.74, 6) is 0. The van der Waals surface area contributed by atoms with Crippen molar-refractivity contribution in [2.75, 3.05) is 0 Å². The topological polar surface area (TPSA) is 96.0 Å². The molecule has 6 heteroatoms. The van der Waals surface area contributed by atoms with Gasteiger partial charge in [-0.05, 0) is 24.6 Å². The summed E-state index contributed by atoms with van der Waals surface area (Å²) in [7, 11) is -3.76. The summed E-state index contributed by atoms with van der Waals surface area (Å²) >= 11 is 0. The molecule has 0 amide bonds. The van der Waals surface area contributed by atoms with E-state index in [1.54, 1.807) is 36.4 Å². The van der Waals surface area contributed by atoms with Crippen LogP contribution < -0.4 is 10.5 Å². The Kier molecular flexibility index (Phi) is 4.93. The molecule has 0 saturated heterocycles. The summed E-state index contributed by atoms with van der Waals surface area (Å²) in [6, 6.07) is 15.4. The maximum absolute atomic E-state index is 12.5. The van der Waals surface area contributed by atoms with Crippen molar-refractivity contribution in [1.29, 1.82) is 5.26 Å². The van der Waals surface area contributed by atoms with Gasteiger partial charge in [-0.2, -0.15) is 5.26 Å². The zero-order valence-corrected chi connectivity index (χ0v) is 12.9. The molecule has 2 rings (SSSR count). The van der Waals surface area contributed by atoms with Crippen molar-refractivity contribution in [2.45, 2.75) is 23.9 Å². The molecule has 0 aliphatic heterocycles. The van der Waals surface area contributed by atoms with Gasteiger partial charge in [0.05, 0.1) is 17.0 Å². The van der Waals surface area contributed by atoms with Crippen LogP contribution in [0.4, 0.5) is 0 Å². The molecule has 3 N–H and O–H groups in total. The molecular formula is C16H17N3O2S. The van der Waals surface area contributed by atoms with E-state index < -0.39 is 22.1 Å². The maximum atomic E-state index is 12.5. The van der Waals surface area contributed by atoms with E-state index >= 15 is 0 Å². The first-order valence-corrected chi connectivity index (χ1v) is 8.21. The molecule has 0 aliphatic carbocycles. The molecular weight excluding hydrogens is 298 g/mol. The van der Waals surface area contributed by atoms with Crippen molar-refractivity contribution in [2.24, 2.45) is 5.73 Å². The van der Waals surface area contributed by atoms with Crippen LogP contribution in [0.1, 0.15) is 17.2 Å². The SMILES string of the molecule is Cc1ccc(S(=O)(=O)NC(c2ccccc2)C(N)C#N)cc1. The molecule has 2 unspecified atom stereocenters. The number of sulfonamides is 1. The Bertz CT molecular complexity index is 765. The van der Waals surface area contributed by atoms with Crippen molar-refractivity contribution in [3.8, 4) is 6.07 Å². The molecule has 0 aliphatic rings. The van der Waals surface area contributed by atoms with Crippen LogP contribution in [-0.4, -0.2) is 14.5 Å². The van der Waals surface area contributed by atoms with Gasteiger partial charge < -0.3 is 5.73 Å². The minimum atomic E-state index is -3.76. The average molecular weight is 315 g/mol. The monoisotopic (exact) mass is 315 g/mol. The zero-order chi connectivity index (χ0) is 16.2. The molecule has 5 nitrogen and oxygen atoms in total. The van der Waals surface area contributed by atoms with Crippen LogP contribution in [0.2, 0.25) is 0 Å². The fourth-order valence-electron chi connectivity index (χ4n) is 2.04. The van der Waals surface area contributed by atoms with Crippen molar-refractivity contribution in [3.63, 3.8) is 0 Å². The number of nitriles is 1. The van der Waals surface area contributed by atoms with Crippen LogP contribution in [0, 0.1) is 18.3 Å². The molecule has 0 aromatic heterocycles. The van der Waals surface area contributed by atoms with Gasteiger partial charge >= 0.3 is 0 Å². The summed E-state index contributed by atoms with van der Waals surface area (Å²) in [6.45, 7) is 1.88. The maximum Gasteiger partial charge on any atom is 0.241 e. The Hall–Kier alpha value is -2.20. The predicted molar refractivity (Wildman–Crippen MR) is 84.3 cm³/mol. The second-order valence-corrected chi connectivity index (χ2v) is 6.69. The second-order valence-electron chi connectivity index (χ2n) is 4.98. The molecule has 114 valence electrons. The van der Waals surface area contributed by atoms with Crippen LogP contribution in [0.3, 0.4) is 0 Å². The Morgan fingerprint density at radius 1 is 1.09 bits per heavy atom. The number of hydrogen-bond donors (Lipinski definition) is 2. The minimum Gasteiger partial charge on any atom is -0.314 e. The highest BCUT2D eigenvalue weighted by molar-refractivity contribution is 7.89. The summed E-state index contributed by atoms with van der Waals surface area (Å²) in [5.41, 5.74) is 7.38. The molecule has 2 atom stereocenters. The molecule has 2 aromatic rings. The Morgan fingerprint density at radius 2 is 1.68 bits per heavy atom. The fraction of sp³-hybridized carbons (Fsp3) is 0.188. The van der Waals surface area contributed by atoms with E-state index in [1.165, 1.54) is 12.1 Å². The van der Waals surface area contributed by atoms with E-state index in [0.29, 0.717) is 5.56 Å². The van der Waals surface area contributed by atoms with E-state index in [1.807, 2.05) is 19.1 Å². The molecule has 0 fully saturated rings. The van der Waals surface area contributed by atoms with Gasteiger partial charge in [0.15, 0.2) is 0 Å². The van der Waals surface area contributed by atoms with Gasteiger partial charge in [-0.1, -0.05) is 48.0 Å². The molecule has 0 heterocycles. The predicted octanol–water partition coefficient (Wildman–Crippen LogP) is 1.87. The number of benzene rings is 2.